The number of nitrogens with zero attached hydrogens (tertiary/aromatic N) is 2. The molecule has 0 fully saturated rings. The molecular formula is C13H23N3O2S2. The van der Waals surface area contributed by atoms with Gasteiger partial charge in [0.25, 0.3) is 10.0 Å². The molecule has 1 atom stereocenters. The van der Waals surface area contributed by atoms with Crippen LogP contribution in [-0.4, -0.2) is 49.3 Å². The van der Waals surface area contributed by atoms with Gasteiger partial charge in [0.05, 0.1) is 5.69 Å². The van der Waals surface area contributed by atoms with E-state index in [0.717, 1.165) is 18.7 Å². The fourth-order valence-corrected chi connectivity index (χ4v) is 3.94. The van der Waals surface area contributed by atoms with Gasteiger partial charge in [-0.1, -0.05) is 6.92 Å². The number of thioether (sulfide) groups is 1. The number of anilines is 1. The highest BCUT2D eigenvalue weighted by atomic mass is 32.2. The van der Waals surface area contributed by atoms with Crippen LogP contribution in [0.1, 0.15) is 20.3 Å². The fourth-order valence-electron chi connectivity index (χ4n) is 1.71. The van der Waals surface area contributed by atoms with Gasteiger partial charge in [-0.05, 0) is 31.7 Å². The molecule has 0 aliphatic rings. The Balaban J connectivity index is 3.08. The first-order valence-electron chi connectivity index (χ1n) is 6.61. The van der Waals surface area contributed by atoms with Crippen LogP contribution in [0.15, 0.2) is 23.4 Å². The van der Waals surface area contributed by atoms with Crippen molar-refractivity contribution in [3.63, 3.8) is 0 Å². The molecular weight excluding hydrogens is 294 g/mol. The third-order valence-corrected chi connectivity index (χ3v) is 5.74. The SMILES string of the molecule is CCCNc1cccnc1S(=O)(=O)N(C)C(C)CSC. The molecule has 5 nitrogen and oxygen atoms in total. The minimum absolute atomic E-state index is 0.0731. The molecule has 0 saturated carbocycles. The van der Waals surface area contributed by atoms with Crippen molar-refractivity contribution < 1.29 is 8.42 Å². The summed E-state index contributed by atoms with van der Waals surface area (Å²) >= 11 is 1.63. The van der Waals surface area contributed by atoms with Gasteiger partial charge in [0.15, 0.2) is 5.03 Å². The minimum Gasteiger partial charge on any atom is -0.383 e. The number of hydrogen-bond donors (Lipinski definition) is 1. The summed E-state index contributed by atoms with van der Waals surface area (Å²) in [6.45, 7) is 4.65. The van der Waals surface area contributed by atoms with Crippen molar-refractivity contribution in [1.82, 2.24) is 9.29 Å². The molecule has 0 spiro atoms. The first kappa shape index (κ1) is 17.3. The van der Waals surface area contributed by atoms with Crippen LogP contribution < -0.4 is 5.32 Å². The van der Waals surface area contributed by atoms with Gasteiger partial charge < -0.3 is 5.32 Å². The van der Waals surface area contributed by atoms with Gasteiger partial charge in [-0.3, -0.25) is 0 Å². The zero-order valence-corrected chi connectivity index (χ0v) is 14.1. The monoisotopic (exact) mass is 317 g/mol. The molecule has 1 rings (SSSR count). The zero-order valence-electron chi connectivity index (χ0n) is 12.5. The summed E-state index contributed by atoms with van der Waals surface area (Å²) in [6, 6.07) is 3.42. The fraction of sp³-hybridized carbons (Fsp3) is 0.615. The molecule has 0 aliphatic heterocycles. The van der Waals surface area contributed by atoms with Crippen LogP contribution in [0.3, 0.4) is 0 Å². The van der Waals surface area contributed by atoms with Gasteiger partial charge in [-0.25, -0.2) is 13.4 Å². The molecule has 0 amide bonds. The number of rotatable bonds is 8. The number of hydrogen-bond acceptors (Lipinski definition) is 5. The van der Waals surface area contributed by atoms with Crippen LogP contribution in [0.5, 0.6) is 0 Å². The van der Waals surface area contributed by atoms with Crippen molar-refractivity contribution >= 4 is 27.5 Å². The Labute approximate surface area is 126 Å². The molecule has 114 valence electrons. The summed E-state index contributed by atoms with van der Waals surface area (Å²) in [5.41, 5.74) is 0.567. The zero-order chi connectivity index (χ0) is 15.2. The van der Waals surface area contributed by atoms with E-state index in [0.29, 0.717) is 5.69 Å². The molecule has 0 bridgehead atoms. The van der Waals surface area contributed by atoms with Crippen molar-refractivity contribution in [3.05, 3.63) is 18.3 Å². The Hall–Kier alpha value is -0.790. The Morgan fingerprint density at radius 3 is 2.80 bits per heavy atom. The summed E-state index contributed by atoms with van der Waals surface area (Å²) in [5.74, 6) is 0.750. The van der Waals surface area contributed by atoms with E-state index in [2.05, 4.69) is 10.3 Å². The number of nitrogens with one attached hydrogen (secondary N) is 1. The van der Waals surface area contributed by atoms with E-state index in [-0.39, 0.29) is 11.1 Å². The van der Waals surface area contributed by atoms with Crippen molar-refractivity contribution in [2.24, 2.45) is 0 Å². The number of sulfonamides is 1. The second-order valence-electron chi connectivity index (χ2n) is 4.61. The summed E-state index contributed by atoms with van der Waals surface area (Å²) < 4.78 is 26.7. The lowest BCUT2D eigenvalue weighted by Gasteiger charge is -2.24. The van der Waals surface area contributed by atoms with Crippen LogP contribution in [0, 0.1) is 0 Å². The van der Waals surface area contributed by atoms with Crippen molar-refractivity contribution in [1.29, 1.82) is 0 Å². The van der Waals surface area contributed by atoms with Crippen LogP contribution >= 0.6 is 11.8 Å². The lowest BCUT2D eigenvalue weighted by Crippen LogP contribution is -2.37. The van der Waals surface area contributed by atoms with E-state index in [1.165, 1.54) is 10.5 Å². The lowest BCUT2D eigenvalue weighted by atomic mass is 10.4. The first-order valence-corrected chi connectivity index (χ1v) is 9.44. The molecule has 1 heterocycles. The third-order valence-electron chi connectivity index (χ3n) is 2.99. The second kappa shape index (κ2) is 7.85. The highest BCUT2D eigenvalue weighted by Crippen LogP contribution is 2.23. The van der Waals surface area contributed by atoms with E-state index >= 15 is 0 Å². The van der Waals surface area contributed by atoms with Gasteiger partial charge in [-0.15, -0.1) is 0 Å². The predicted octanol–water partition coefficient (Wildman–Crippen LogP) is 2.28. The van der Waals surface area contributed by atoms with Crippen LogP contribution in [-0.2, 0) is 10.0 Å². The van der Waals surface area contributed by atoms with Crippen molar-refractivity contribution in [2.45, 2.75) is 31.3 Å². The summed E-state index contributed by atoms with van der Waals surface area (Å²) in [7, 11) is -1.97. The summed E-state index contributed by atoms with van der Waals surface area (Å²) in [6.07, 6.45) is 4.40. The smallest absolute Gasteiger partial charge is 0.262 e. The molecule has 1 unspecified atom stereocenters. The molecule has 0 radical (unpaired) electrons. The van der Waals surface area contributed by atoms with Crippen LogP contribution in [0.4, 0.5) is 5.69 Å². The van der Waals surface area contributed by atoms with Crippen molar-refractivity contribution in [2.75, 3.05) is 30.9 Å². The Morgan fingerprint density at radius 2 is 2.20 bits per heavy atom. The largest absolute Gasteiger partial charge is 0.383 e. The molecule has 1 aromatic rings. The second-order valence-corrected chi connectivity index (χ2v) is 7.43. The van der Waals surface area contributed by atoms with Gasteiger partial charge in [0.2, 0.25) is 0 Å². The molecule has 1 aromatic heterocycles. The lowest BCUT2D eigenvalue weighted by molar-refractivity contribution is 0.413. The topological polar surface area (TPSA) is 62.3 Å². The maximum atomic E-state index is 12.6. The van der Waals surface area contributed by atoms with Gasteiger partial charge in [0, 0.05) is 31.6 Å². The third kappa shape index (κ3) is 4.10. The highest BCUT2D eigenvalue weighted by molar-refractivity contribution is 7.98. The van der Waals surface area contributed by atoms with Gasteiger partial charge in [0.1, 0.15) is 0 Å². The summed E-state index contributed by atoms with van der Waals surface area (Å²) in [5, 5.41) is 3.22. The van der Waals surface area contributed by atoms with Gasteiger partial charge >= 0.3 is 0 Å². The normalized spacial score (nSPS) is 13.4. The molecule has 1 N–H and O–H groups in total. The highest BCUT2D eigenvalue weighted by Gasteiger charge is 2.28. The molecule has 0 saturated heterocycles. The van der Waals surface area contributed by atoms with E-state index in [4.69, 9.17) is 0 Å². The molecule has 0 aliphatic carbocycles. The quantitative estimate of drug-likeness (QED) is 0.797. The van der Waals surface area contributed by atoms with Crippen LogP contribution in [0.25, 0.3) is 0 Å². The number of aromatic nitrogens is 1. The van der Waals surface area contributed by atoms with E-state index in [1.54, 1.807) is 30.9 Å². The first-order chi connectivity index (χ1) is 9.45. The predicted molar refractivity (Wildman–Crippen MR) is 85.8 cm³/mol. The van der Waals surface area contributed by atoms with E-state index in [9.17, 15) is 8.42 Å². The Bertz CT molecular complexity index is 520. The maximum Gasteiger partial charge on any atom is 0.262 e. The Kier molecular flexibility index (Phi) is 6.78. The van der Waals surface area contributed by atoms with E-state index < -0.39 is 10.0 Å². The maximum absolute atomic E-state index is 12.6. The molecule has 0 aromatic carbocycles. The average molecular weight is 317 g/mol. The molecule has 20 heavy (non-hydrogen) atoms. The number of pyridine rings is 1. The van der Waals surface area contributed by atoms with Gasteiger partial charge in [-0.2, -0.15) is 16.1 Å². The average Bonchev–Trinajstić information content (AvgIpc) is 2.44. The standard InChI is InChI=1S/C13H23N3O2S2/c1-5-8-14-12-7-6-9-15-13(12)20(17,18)16(3)11(2)10-19-4/h6-7,9,11,14H,5,8,10H2,1-4H3. The minimum atomic E-state index is -3.58. The van der Waals surface area contributed by atoms with Crippen LogP contribution in [0.2, 0.25) is 0 Å². The summed E-state index contributed by atoms with van der Waals surface area (Å²) in [4.78, 5) is 4.07. The van der Waals surface area contributed by atoms with E-state index in [1.807, 2.05) is 20.1 Å². The Morgan fingerprint density at radius 1 is 1.50 bits per heavy atom. The molecule has 7 heteroatoms. The van der Waals surface area contributed by atoms with Crippen molar-refractivity contribution in [3.8, 4) is 0 Å².